The van der Waals surface area contributed by atoms with Gasteiger partial charge in [0.25, 0.3) is 5.91 Å². The Hall–Kier alpha value is -2.34. The van der Waals surface area contributed by atoms with Crippen molar-refractivity contribution < 1.29 is 13.2 Å². The Morgan fingerprint density at radius 1 is 1.07 bits per heavy atom. The second-order valence-corrected chi connectivity index (χ2v) is 10.2. The van der Waals surface area contributed by atoms with Gasteiger partial charge in [-0.3, -0.25) is 9.10 Å². The highest BCUT2D eigenvalue weighted by Gasteiger charge is 2.33. The van der Waals surface area contributed by atoms with Crippen LogP contribution in [-0.2, 0) is 22.9 Å². The van der Waals surface area contributed by atoms with E-state index < -0.39 is 10.0 Å². The lowest BCUT2D eigenvalue weighted by atomic mass is 9.90. The average Bonchev–Trinajstić information content (AvgIpc) is 3.04. The normalized spacial score (nSPS) is 20.0. The summed E-state index contributed by atoms with van der Waals surface area (Å²) in [4.78, 5) is 15.0. The number of sulfonamides is 1. The summed E-state index contributed by atoms with van der Waals surface area (Å²) in [6, 6.07) is 15.9. The van der Waals surface area contributed by atoms with Crippen molar-refractivity contribution in [3.63, 3.8) is 0 Å². The molecule has 1 fully saturated rings. The zero-order chi connectivity index (χ0) is 20.6. The maximum absolute atomic E-state index is 13.0. The smallest absolute Gasteiger partial charge is 0.253 e. The molecule has 5 nitrogen and oxygen atoms in total. The molecule has 2 aromatic carbocycles. The quantitative estimate of drug-likeness (QED) is 0.772. The molecule has 0 aromatic heterocycles. The van der Waals surface area contributed by atoms with E-state index in [-0.39, 0.29) is 11.9 Å². The summed E-state index contributed by atoms with van der Waals surface area (Å²) in [5, 5.41) is 0. The fourth-order valence-corrected chi connectivity index (χ4v) is 5.98. The van der Waals surface area contributed by atoms with Crippen LogP contribution in [0, 0.1) is 5.92 Å². The largest absolute Gasteiger partial charge is 0.339 e. The van der Waals surface area contributed by atoms with Gasteiger partial charge in [0.05, 0.1) is 11.9 Å². The van der Waals surface area contributed by atoms with Crippen molar-refractivity contribution in [1.82, 2.24) is 4.90 Å². The van der Waals surface area contributed by atoms with Crippen molar-refractivity contribution in [2.24, 2.45) is 5.92 Å². The molecule has 0 aliphatic carbocycles. The number of anilines is 1. The van der Waals surface area contributed by atoms with Crippen LogP contribution in [0.15, 0.2) is 48.5 Å². The fraction of sp³-hybridized carbons (Fsp3) is 0.435. The molecule has 2 aliphatic heterocycles. The van der Waals surface area contributed by atoms with Gasteiger partial charge < -0.3 is 4.90 Å². The minimum Gasteiger partial charge on any atom is -0.339 e. The third kappa shape index (κ3) is 4.17. The van der Waals surface area contributed by atoms with E-state index in [9.17, 15) is 13.2 Å². The van der Waals surface area contributed by atoms with Gasteiger partial charge in [-0.05, 0) is 67.9 Å². The number of rotatable bonds is 4. The molecule has 1 unspecified atom stereocenters. The summed E-state index contributed by atoms with van der Waals surface area (Å²) in [6.07, 6.45) is 4.98. The first kappa shape index (κ1) is 20.0. The molecular weight excluding hydrogens is 384 g/mol. The van der Waals surface area contributed by atoms with Gasteiger partial charge in [-0.25, -0.2) is 8.42 Å². The topological polar surface area (TPSA) is 57.7 Å². The van der Waals surface area contributed by atoms with Gasteiger partial charge in [-0.2, -0.15) is 0 Å². The third-order valence-electron chi connectivity index (χ3n) is 6.11. The van der Waals surface area contributed by atoms with Gasteiger partial charge in [0, 0.05) is 24.7 Å². The molecule has 6 heteroatoms. The van der Waals surface area contributed by atoms with Gasteiger partial charge in [-0.15, -0.1) is 0 Å². The Balaban J connectivity index is 1.42. The maximum Gasteiger partial charge on any atom is 0.253 e. The molecule has 2 aliphatic rings. The lowest BCUT2D eigenvalue weighted by Crippen LogP contribution is -2.39. The van der Waals surface area contributed by atoms with Gasteiger partial charge in [0.15, 0.2) is 0 Å². The van der Waals surface area contributed by atoms with Crippen molar-refractivity contribution in [2.75, 3.05) is 23.7 Å². The number of nitrogens with zero attached hydrogens (tertiary/aromatic N) is 2. The Bertz CT molecular complexity index is 996. The van der Waals surface area contributed by atoms with Crippen molar-refractivity contribution in [1.29, 1.82) is 0 Å². The van der Waals surface area contributed by atoms with Crippen molar-refractivity contribution in [3.8, 4) is 0 Å². The van der Waals surface area contributed by atoms with E-state index >= 15 is 0 Å². The lowest BCUT2D eigenvalue weighted by Gasteiger charge is -2.32. The number of benzene rings is 2. The van der Waals surface area contributed by atoms with E-state index in [1.54, 1.807) is 12.1 Å². The molecule has 2 heterocycles. The molecule has 2 aromatic rings. The number of hydrogen-bond acceptors (Lipinski definition) is 3. The second-order valence-electron chi connectivity index (χ2n) is 8.38. The van der Waals surface area contributed by atoms with Crippen LogP contribution in [0.5, 0.6) is 0 Å². The first-order chi connectivity index (χ1) is 13.8. The van der Waals surface area contributed by atoms with Crippen molar-refractivity contribution >= 4 is 21.6 Å². The Kier molecular flexibility index (Phi) is 5.38. The highest BCUT2D eigenvalue weighted by atomic mass is 32.2. The second kappa shape index (κ2) is 7.82. The molecule has 0 radical (unpaired) electrons. The van der Waals surface area contributed by atoms with Gasteiger partial charge in [0.1, 0.15) is 0 Å². The van der Waals surface area contributed by atoms with Crippen molar-refractivity contribution in [2.45, 2.75) is 38.6 Å². The van der Waals surface area contributed by atoms with Crippen LogP contribution < -0.4 is 4.31 Å². The van der Waals surface area contributed by atoms with E-state index in [4.69, 9.17) is 0 Å². The SMILES string of the molecule is CC1Cc2cc(C(=O)N3CCC(Cc4ccccc4)CC3)ccc2N1S(C)(=O)=O. The number of fused-ring (bicyclic) bond motifs is 1. The van der Waals surface area contributed by atoms with E-state index in [0.717, 1.165) is 37.9 Å². The third-order valence-corrected chi connectivity index (χ3v) is 7.38. The predicted octanol–water partition coefficient (Wildman–Crippen LogP) is 3.49. The number of carbonyl (C=O) groups is 1. The van der Waals surface area contributed by atoms with E-state index in [2.05, 4.69) is 24.3 Å². The van der Waals surface area contributed by atoms with Gasteiger partial charge in [-0.1, -0.05) is 30.3 Å². The van der Waals surface area contributed by atoms with Crippen LogP contribution in [0.4, 0.5) is 5.69 Å². The molecule has 154 valence electrons. The molecule has 1 saturated heterocycles. The Morgan fingerprint density at radius 3 is 2.41 bits per heavy atom. The van der Waals surface area contributed by atoms with Crippen molar-refractivity contribution in [3.05, 3.63) is 65.2 Å². The molecular formula is C23H28N2O3S. The molecule has 29 heavy (non-hydrogen) atoms. The van der Waals surface area contributed by atoms with Gasteiger partial charge >= 0.3 is 0 Å². The van der Waals surface area contributed by atoms with Crippen LogP contribution in [0.25, 0.3) is 0 Å². The molecule has 1 atom stereocenters. The highest BCUT2D eigenvalue weighted by molar-refractivity contribution is 7.92. The summed E-state index contributed by atoms with van der Waals surface area (Å²) < 4.78 is 25.6. The van der Waals surface area contributed by atoms with Crippen LogP contribution in [0.1, 0.15) is 41.3 Å². The van der Waals surface area contributed by atoms with E-state index in [0.29, 0.717) is 23.6 Å². The van der Waals surface area contributed by atoms with Crippen LogP contribution in [0.2, 0.25) is 0 Å². The monoisotopic (exact) mass is 412 g/mol. The number of hydrogen-bond donors (Lipinski definition) is 0. The summed E-state index contributed by atoms with van der Waals surface area (Å²) in [7, 11) is -3.31. The average molecular weight is 413 g/mol. The molecule has 0 bridgehead atoms. The minimum atomic E-state index is -3.31. The number of carbonyl (C=O) groups excluding carboxylic acids is 1. The molecule has 4 rings (SSSR count). The first-order valence-electron chi connectivity index (χ1n) is 10.3. The standard InChI is InChI=1S/C23H28N2O3S/c1-17-14-21-16-20(8-9-22(21)25(17)29(2,27)28)23(26)24-12-10-19(11-13-24)15-18-6-4-3-5-7-18/h3-9,16-17,19H,10-15H2,1-2H3. The van der Waals surface area contributed by atoms with Gasteiger partial charge in [0.2, 0.25) is 10.0 Å². The number of likely N-dealkylation sites (tertiary alicyclic amines) is 1. The zero-order valence-corrected chi connectivity index (χ0v) is 17.9. The van der Waals surface area contributed by atoms with Crippen LogP contribution >= 0.6 is 0 Å². The summed E-state index contributed by atoms with van der Waals surface area (Å²) in [5.74, 6) is 0.669. The Labute approximate surface area is 173 Å². The predicted molar refractivity (Wildman–Crippen MR) is 116 cm³/mol. The lowest BCUT2D eigenvalue weighted by molar-refractivity contribution is 0.0690. The molecule has 1 amide bonds. The molecule has 0 N–H and O–H groups in total. The van der Waals surface area contributed by atoms with Crippen LogP contribution in [-0.4, -0.2) is 44.6 Å². The maximum atomic E-state index is 13.0. The summed E-state index contributed by atoms with van der Waals surface area (Å²) in [6.45, 7) is 3.46. The van der Waals surface area contributed by atoms with E-state index in [1.165, 1.54) is 16.1 Å². The molecule has 0 spiro atoms. The molecule has 0 saturated carbocycles. The zero-order valence-electron chi connectivity index (χ0n) is 17.0. The van der Waals surface area contributed by atoms with Crippen LogP contribution in [0.3, 0.4) is 0 Å². The highest BCUT2D eigenvalue weighted by Crippen LogP contribution is 2.35. The number of amides is 1. The Morgan fingerprint density at radius 2 is 1.76 bits per heavy atom. The minimum absolute atomic E-state index is 0.0522. The fourth-order valence-electron chi connectivity index (χ4n) is 4.71. The summed E-state index contributed by atoms with van der Waals surface area (Å²) >= 11 is 0. The first-order valence-corrected chi connectivity index (χ1v) is 12.1. The van der Waals surface area contributed by atoms with E-state index in [1.807, 2.05) is 24.0 Å². The summed E-state index contributed by atoms with van der Waals surface area (Å²) in [5.41, 5.74) is 3.67. The number of piperidine rings is 1.